The summed E-state index contributed by atoms with van der Waals surface area (Å²) in [6.45, 7) is 1.57. The van der Waals surface area contributed by atoms with Crippen LogP contribution in [0.25, 0.3) is 0 Å². The third-order valence-corrected chi connectivity index (χ3v) is 0.166. The smallest absolute Gasteiger partial charge is 0.279 e. The molecule has 0 fully saturated rings. The van der Waals surface area contributed by atoms with E-state index in [9.17, 15) is 0 Å². The first-order valence-corrected chi connectivity index (χ1v) is 1.33. The second-order valence-electron chi connectivity index (χ2n) is 0.475. The van der Waals surface area contributed by atoms with Gasteiger partial charge in [-0.3, -0.25) is 4.81 Å². The van der Waals surface area contributed by atoms with Crippen molar-refractivity contribution in [3.05, 3.63) is 0 Å². The Bertz CT molecular complexity index is 19.5. The van der Waals surface area contributed by atoms with Crippen molar-refractivity contribution in [3.63, 3.8) is 0 Å². The maximum Gasteiger partial charge on any atom is 0.345 e. The van der Waals surface area contributed by atoms with Gasteiger partial charge in [0.2, 0.25) is 0 Å². The standard InChI is InChI=1S/CH4BO4/c1-2-4-6-5-3/h3H,1H3. The second-order valence-corrected chi connectivity index (χ2v) is 0.475. The minimum atomic E-state index is 1.20. The van der Waals surface area contributed by atoms with E-state index < -0.39 is 0 Å². The minimum absolute atomic E-state index is 1.20. The molecule has 0 unspecified atom stereocenters. The molecule has 0 aliphatic carbocycles. The number of rotatable bonds is 3. The van der Waals surface area contributed by atoms with E-state index in [1.54, 1.807) is 6.82 Å². The highest BCUT2D eigenvalue weighted by Crippen LogP contribution is 1.69. The van der Waals surface area contributed by atoms with Crippen LogP contribution in [0.5, 0.6) is 0 Å². The van der Waals surface area contributed by atoms with E-state index in [1.807, 2.05) is 0 Å². The molecule has 5 heteroatoms. The molecule has 0 aromatic rings. The van der Waals surface area contributed by atoms with Crippen LogP contribution in [0.4, 0.5) is 0 Å². The van der Waals surface area contributed by atoms with Crippen molar-refractivity contribution in [2.75, 3.05) is 0 Å². The van der Waals surface area contributed by atoms with Gasteiger partial charge in [0, 0.05) is 0 Å². The van der Waals surface area contributed by atoms with Gasteiger partial charge in [-0.15, -0.1) is 0 Å². The Morgan fingerprint density at radius 2 is 2.33 bits per heavy atom. The van der Waals surface area contributed by atoms with Crippen LogP contribution in [0.2, 0.25) is 6.82 Å². The van der Waals surface area contributed by atoms with E-state index in [0.717, 1.165) is 0 Å². The van der Waals surface area contributed by atoms with Gasteiger partial charge >= 0.3 is 7.48 Å². The molecule has 1 N–H and O–H groups in total. The summed E-state index contributed by atoms with van der Waals surface area (Å²) in [6.07, 6.45) is 0. The molecule has 0 aliphatic heterocycles. The molecule has 4 nitrogen and oxygen atoms in total. The maximum atomic E-state index is 7.33. The van der Waals surface area contributed by atoms with Crippen LogP contribution in [-0.4, -0.2) is 12.7 Å². The van der Waals surface area contributed by atoms with Crippen LogP contribution in [0, 0.1) is 0 Å². The molecule has 0 rings (SSSR count). The molecule has 0 bridgehead atoms. The molecule has 0 heterocycles. The van der Waals surface area contributed by atoms with Gasteiger partial charge in [0.25, 0.3) is 0 Å². The largest absolute Gasteiger partial charge is 0.345 e. The first-order valence-electron chi connectivity index (χ1n) is 1.33. The van der Waals surface area contributed by atoms with Crippen LogP contribution < -0.4 is 0 Å². The fourth-order valence-electron chi connectivity index (χ4n) is 0.0569. The molecule has 0 aromatic heterocycles. The van der Waals surface area contributed by atoms with Crippen LogP contribution in [-0.2, 0) is 14.9 Å². The summed E-state index contributed by atoms with van der Waals surface area (Å²) in [4.78, 5) is 3.89. The molecule has 6 heavy (non-hydrogen) atoms. The SMILES string of the molecule is C[B]OOOO. The van der Waals surface area contributed by atoms with E-state index in [0.29, 0.717) is 0 Å². The molecule has 0 aromatic carbocycles. The first kappa shape index (κ1) is 5.90. The molecule has 1 radical (unpaired) electrons. The van der Waals surface area contributed by atoms with Gasteiger partial charge < -0.3 is 0 Å². The van der Waals surface area contributed by atoms with Crippen LogP contribution in [0.15, 0.2) is 0 Å². The van der Waals surface area contributed by atoms with E-state index in [2.05, 4.69) is 14.9 Å². The van der Waals surface area contributed by atoms with Crippen molar-refractivity contribution < 1.29 is 20.1 Å². The molecule has 0 spiro atoms. The highest BCUT2D eigenvalue weighted by atomic mass is 17.6. The summed E-state index contributed by atoms with van der Waals surface area (Å²) < 4.78 is 0. The van der Waals surface area contributed by atoms with Crippen molar-refractivity contribution >= 4 is 7.48 Å². The maximum absolute atomic E-state index is 7.33. The van der Waals surface area contributed by atoms with E-state index >= 15 is 0 Å². The lowest BCUT2D eigenvalue weighted by atomic mass is 10.1. The van der Waals surface area contributed by atoms with Gasteiger partial charge in [0.15, 0.2) is 0 Å². The third-order valence-electron chi connectivity index (χ3n) is 0.166. The summed E-state index contributed by atoms with van der Waals surface area (Å²) in [6, 6.07) is 0. The zero-order valence-corrected chi connectivity index (χ0v) is 3.25. The van der Waals surface area contributed by atoms with E-state index in [1.165, 1.54) is 7.48 Å². The van der Waals surface area contributed by atoms with Crippen molar-refractivity contribution in [1.82, 2.24) is 0 Å². The Labute approximate surface area is 35.7 Å². The van der Waals surface area contributed by atoms with Crippen molar-refractivity contribution in [2.45, 2.75) is 6.82 Å². The van der Waals surface area contributed by atoms with Gasteiger partial charge in [0.05, 0.1) is 0 Å². The number of hydrogen-bond acceptors (Lipinski definition) is 4. The summed E-state index contributed by atoms with van der Waals surface area (Å²) in [7, 11) is 1.20. The minimum Gasteiger partial charge on any atom is -0.279 e. The predicted molar refractivity (Wildman–Crippen MR) is 17.5 cm³/mol. The molecular formula is CH4BO4. The molecule has 0 saturated heterocycles. The highest BCUT2D eigenvalue weighted by Gasteiger charge is 1.78. The number of hydrogen-bond donors (Lipinski definition) is 1. The molecule has 0 aliphatic rings. The average molecular weight is 90.9 g/mol. The lowest BCUT2D eigenvalue weighted by Crippen LogP contribution is -1.93. The van der Waals surface area contributed by atoms with Crippen molar-refractivity contribution in [2.24, 2.45) is 0 Å². The molecule has 0 amide bonds. The Kier molecular flexibility index (Phi) is 4.83. The summed E-state index contributed by atoms with van der Waals surface area (Å²) >= 11 is 0. The summed E-state index contributed by atoms with van der Waals surface area (Å²) in [5.41, 5.74) is 0. The molecule has 35 valence electrons. The zero-order chi connectivity index (χ0) is 4.83. The van der Waals surface area contributed by atoms with Crippen LogP contribution >= 0.6 is 0 Å². The van der Waals surface area contributed by atoms with Gasteiger partial charge in [-0.05, 0) is 5.04 Å². The van der Waals surface area contributed by atoms with Crippen molar-refractivity contribution in [1.29, 1.82) is 0 Å². The Balaban J connectivity index is 2.34. The normalized spacial score (nSPS) is 8.33. The van der Waals surface area contributed by atoms with E-state index in [4.69, 9.17) is 5.26 Å². The van der Waals surface area contributed by atoms with Gasteiger partial charge in [-0.25, -0.2) is 5.26 Å². The van der Waals surface area contributed by atoms with E-state index in [-0.39, 0.29) is 0 Å². The second kappa shape index (κ2) is 4.90. The quantitative estimate of drug-likeness (QED) is 0.230. The van der Waals surface area contributed by atoms with Gasteiger partial charge in [0.1, 0.15) is 0 Å². The molecule has 0 atom stereocenters. The predicted octanol–water partition coefficient (Wildman–Crippen LogP) is 0.00650. The summed E-state index contributed by atoms with van der Waals surface area (Å²) in [5.74, 6) is 0. The highest BCUT2D eigenvalue weighted by molar-refractivity contribution is 6.24. The van der Waals surface area contributed by atoms with Crippen molar-refractivity contribution in [3.8, 4) is 0 Å². The molecular weight excluding hydrogens is 86.8 g/mol. The fraction of sp³-hybridized carbons (Fsp3) is 1.00. The molecule has 0 saturated carbocycles. The Hall–Kier alpha value is -0.0951. The monoisotopic (exact) mass is 91.0 g/mol. The van der Waals surface area contributed by atoms with Gasteiger partial charge in [-0.1, -0.05) is 11.9 Å². The Morgan fingerprint density at radius 1 is 1.67 bits per heavy atom. The lowest BCUT2D eigenvalue weighted by Gasteiger charge is -1.87. The van der Waals surface area contributed by atoms with Crippen LogP contribution in [0.1, 0.15) is 0 Å². The van der Waals surface area contributed by atoms with Crippen LogP contribution in [0.3, 0.4) is 0 Å². The lowest BCUT2D eigenvalue weighted by molar-refractivity contribution is -0.596. The third kappa shape index (κ3) is 3.90. The Morgan fingerprint density at radius 3 is 2.50 bits per heavy atom. The topological polar surface area (TPSA) is 47.9 Å². The average Bonchev–Trinajstić information content (AvgIpc) is 1.61. The first-order chi connectivity index (χ1) is 2.91. The summed E-state index contributed by atoms with van der Waals surface area (Å²) in [5, 5.41) is 13.8. The van der Waals surface area contributed by atoms with Gasteiger partial charge in [-0.2, -0.15) is 0 Å². The fourth-order valence-corrected chi connectivity index (χ4v) is 0.0569. The zero-order valence-electron chi connectivity index (χ0n) is 3.25.